The zero-order chi connectivity index (χ0) is 12.7. The zero-order valence-electron chi connectivity index (χ0n) is 10.4. The van der Waals surface area contributed by atoms with Crippen molar-refractivity contribution in [1.82, 2.24) is 10.6 Å². The fraction of sp³-hybridized carbons (Fsp3) is 0.417. The Morgan fingerprint density at radius 1 is 1.35 bits per heavy atom. The van der Waals surface area contributed by atoms with Gasteiger partial charge < -0.3 is 20.1 Å². The number of carbonyl (C=O) groups excluding carboxylic acids is 1. The van der Waals surface area contributed by atoms with Gasteiger partial charge >= 0.3 is 0 Å². The molecule has 0 aliphatic carbocycles. The largest absolute Gasteiger partial charge is 0.493 e. The average Bonchev–Trinajstić information content (AvgIpc) is 2.36. The molecule has 1 amide bonds. The summed E-state index contributed by atoms with van der Waals surface area (Å²) in [6, 6.07) is 5.62. The van der Waals surface area contributed by atoms with E-state index < -0.39 is 0 Å². The molecule has 17 heavy (non-hydrogen) atoms. The number of para-hydroxylation sites is 1. The zero-order valence-corrected chi connectivity index (χ0v) is 10.4. The summed E-state index contributed by atoms with van der Waals surface area (Å²) in [7, 11) is 5.00. The Morgan fingerprint density at radius 3 is 2.71 bits per heavy atom. The van der Waals surface area contributed by atoms with Gasteiger partial charge in [0.25, 0.3) is 5.91 Å². The summed E-state index contributed by atoms with van der Waals surface area (Å²) in [5, 5.41) is 5.54. The van der Waals surface area contributed by atoms with Crippen LogP contribution in [0, 0.1) is 0 Å². The van der Waals surface area contributed by atoms with Crippen LogP contribution in [0.5, 0.6) is 11.5 Å². The van der Waals surface area contributed by atoms with E-state index in [-0.39, 0.29) is 12.5 Å². The molecule has 94 valence electrons. The van der Waals surface area contributed by atoms with Crippen molar-refractivity contribution in [1.29, 1.82) is 0 Å². The van der Waals surface area contributed by atoms with Crippen LogP contribution in [0.4, 0.5) is 0 Å². The van der Waals surface area contributed by atoms with Gasteiger partial charge in [-0.2, -0.15) is 0 Å². The SMILES string of the molecule is CNCc1cccc(OC)c1OCC(=O)NC. The van der Waals surface area contributed by atoms with Crippen molar-refractivity contribution >= 4 is 5.91 Å². The molecule has 1 rings (SSSR count). The molecule has 0 radical (unpaired) electrons. The van der Waals surface area contributed by atoms with E-state index in [1.165, 1.54) is 0 Å². The highest BCUT2D eigenvalue weighted by Gasteiger charge is 2.11. The van der Waals surface area contributed by atoms with Crippen molar-refractivity contribution in [3.63, 3.8) is 0 Å². The second-order valence-corrected chi connectivity index (χ2v) is 3.44. The fourth-order valence-corrected chi connectivity index (χ4v) is 1.43. The summed E-state index contributed by atoms with van der Waals surface area (Å²) in [5.74, 6) is 1.06. The van der Waals surface area contributed by atoms with Gasteiger partial charge in [0.05, 0.1) is 7.11 Å². The first-order chi connectivity index (χ1) is 8.22. The Morgan fingerprint density at radius 2 is 2.12 bits per heavy atom. The van der Waals surface area contributed by atoms with Crippen molar-refractivity contribution in [2.24, 2.45) is 0 Å². The fourth-order valence-electron chi connectivity index (χ4n) is 1.43. The van der Waals surface area contributed by atoms with Crippen LogP contribution in [0.25, 0.3) is 0 Å². The lowest BCUT2D eigenvalue weighted by Gasteiger charge is -2.14. The maximum atomic E-state index is 11.2. The summed E-state index contributed by atoms with van der Waals surface area (Å²) < 4.78 is 10.7. The lowest BCUT2D eigenvalue weighted by atomic mass is 10.2. The number of benzene rings is 1. The highest BCUT2D eigenvalue weighted by atomic mass is 16.5. The second-order valence-electron chi connectivity index (χ2n) is 3.44. The molecule has 0 fully saturated rings. The van der Waals surface area contributed by atoms with Gasteiger partial charge in [0.15, 0.2) is 18.1 Å². The molecule has 0 saturated carbocycles. The van der Waals surface area contributed by atoms with Crippen LogP contribution in [0.3, 0.4) is 0 Å². The summed E-state index contributed by atoms with van der Waals surface area (Å²) >= 11 is 0. The first-order valence-electron chi connectivity index (χ1n) is 5.36. The van der Waals surface area contributed by atoms with E-state index >= 15 is 0 Å². The molecule has 0 heterocycles. The third-order valence-electron chi connectivity index (χ3n) is 2.27. The minimum absolute atomic E-state index is 0.0203. The number of hydrogen-bond donors (Lipinski definition) is 2. The van der Waals surface area contributed by atoms with E-state index in [1.807, 2.05) is 19.2 Å². The molecule has 0 spiro atoms. The Balaban J connectivity index is 2.88. The van der Waals surface area contributed by atoms with Crippen molar-refractivity contribution in [2.75, 3.05) is 27.8 Å². The first-order valence-corrected chi connectivity index (χ1v) is 5.36. The van der Waals surface area contributed by atoms with Crippen LogP contribution < -0.4 is 20.1 Å². The molecule has 1 aromatic carbocycles. The average molecular weight is 238 g/mol. The Kier molecular flexibility index (Phi) is 5.29. The van der Waals surface area contributed by atoms with E-state index in [4.69, 9.17) is 9.47 Å². The third kappa shape index (κ3) is 3.64. The molecule has 5 nitrogen and oxygen atoms in total. The molecule has 0 bridgehead atoms. The molecule has 0 aromatic heterocycles. The quantitative estimate of drug-likeness (QED) is 0.759. The van der Waals surface area contributed by atoms with E-state index in [0.717, 1.165) is 5.56 Å². The summed E-state index contributed by atoms with van der Waals surface area (Å²) in [6.07, 6.45) is 0. The molecular formula is C12H18N2O3. The number of carbonyl (C=O) groups is 1. The molecule has 2 N–H and O–H groups in total. The summed E-state index contributed by atoms with van der Waals surface area (Å²) in [5.41, 5.74) is 0.954. The molecule has 1 aromatic rings. The van der Waals surface area contributed by atoms with Crippen LogP contribution in [0.2, 0.25) is 0 Å². The third-order valence-corrected chi connectivity index (χ3v) is 2.27. The Hall–Kier alpha value is -1.75. The molecule has 5 heteroatoms. The maximum Gasteiger partial charge on any atom is 0.257 e. The number of hydrogen-bond acceptors (Lipinski definition) is 4. The highest BCUT2D eigenvalue weighted by Crippen LogP contribution is 2.30. The molecular weight excluding hydrogens is 220 g/mol. The van der Waals surface area contributed by atoms with E-state index in [2.05, 4.69) is 10.6 Å². The van der Waals surface area contributed by atoms with Gasteiger partial charge in [-0.3, -0.25) is 4.79 Å². The Labute approximate surface area is 101 Å². The van der Waals surface area contributed by atoms with Gasteiger partial charge in [-0.15, -0.1) is 0 Å². The van der Waals surface area contributed by atoms with Gasteiger partial charge in [0.2, 0.25) is 0 Å². The molecule has 0 unspecified atom stereocenters. The minimum Gasteiger partial charge on any atom is -0.493 e. The number of rotatable bonds is 6. The first kappa shape index (κ1) is 13.3. The number of ether oxygens (including phenoxy) is 2. The number of amides is 1. The van der Waals surface area contributed by atoms with Gasteiger partial charge in [0, 0.05) is 19.2 Å². The van der Waals surface area contributed by atoms with Gasteiger partial charge in [-0.25, -0.2) is 0 Å². The normalized spacial score (nSPS) is 9.82. The summed E-state index contributed by atoms with van der Waals surface area (Å²) in [4.78, 5) is 11.2. The van der Waals surface area contributed by atoms with E-state index in [1.54, 1.807) is 20.2 Å². The van der Waals surface area contributed by atoms with Gasteiger partial charge in [0.1, 0.15) is 0 Å². The van der Waals surface area contributed by atoms with Crippen molar-refractivity contribution in [3.05, 3.63) is 23.8 Å². The molecule has 0 saturated heterocycles. The standard InChI is InChI=1S/C12H18N2O3/c1-13-7-9-5-4-6-10(16-3)12(9)17-8-11(15)14-2/h4-6,13H,7-8H2,1-3H3,(H,14,15). The molecule has 0 atom stereocenters. The maximum absolute atomic E-state index is 11.2. The number of nitrogens with one attached hydrogen (secondary N) is 2. The predicted octanol–water partition coefficient (Wildman–Crippen LogP) is 0.539. The predicted molar refractivity (Wildman–Crippen MR) is 65.3 cm³/mol. The monoisotopic (exact) mass is 238 g/mol. The van der Waals surface area contributed by atoms with Crippen LogP contribution >= 0.6 is 0 Å². The lowest BCUT2D eigenvalue weighted by Crippen LogP contribution is -2.25. The smallest absolute Gasteiger partial charge is 0.257 e. The van der Waals surface area contributed by atoms with Crippen LogP contribution in [0.1, 0.15) is 5.56 Å². The number of methoxy groups -OCH3 is 1. The summed E-state index contributed by atoms with van der Waals surface area (Å²) in [6.45, 7) is 0.633. The highest BCUT2D eigenvalue weighted by molar-refractivity contribution is 5.77. The molecule has 0 aliphatic rings. The van der Waals surface area contributed by atoms with Crippen molar-refractivity contribution < 1.29 is 14.3 Å². The topological polar surface area (TPSA) is 59.6 Å². The van der Waals surface area contributed by atoms with Crippen LogP contribution in [-0.4, -0.2) is 33.7 Å². The second kappa shape index (κ2) is 6.75. The minimum atomic E-state index is -0.175. The number of likely N-dealkylation sites (N-methyl/N-ethyl adjacent to an activating group) is 1. The van der Waals surface area contributed by atoms with Gasteiger partial charge in [-0.1, -0.05) is 12.1 Å². The van der Waals surface area contributed by atoms with Crippen LogP contribution in [0.15, 0.2) is 18.2 Å². The van der Waals surface area contributed by atoms with E-state index in [9.17, 15) is 4.79 Å². The molecule has 0 aliphatic heterocycles. The van der Waals surface area contributed by atoms with Crippen LogP contribution in [-0.2, 0) is 11.3 Å². The Bertz CT molecular complexity index is 380. The van der Waals surface area contributed by atoms with E-state index in [0.29, 0.717) is 18.0 Å². The van der Waals surface area contributed by atoms with Crippen molar-refractivity contribution in [3.8, 4) is 11.5 Å². The van der Waals surface area contributed by atoms with Crippen molar-refractivity contribution in [2.45, 2.75) is 6.54 Å². The van der Waals surface area contributed by atoms with Gasteiger partial charge in [-0.05, 0) is 13.1 Å². The lowest BCUT2D eigenvalue weighted by molar-refractivity contribution is -0.122.